The summed E-state index contributed by atoms with van der Waals surface area (Å²) in [6.45, 7) is 5.84. The molecule has 3 heterocycles. The van der Waals surface area contributed by atoms with Gasteiger partial charge in [0.05, 0.1) is 5.92 Å². The summed E-state index contributed by atoms with van der Waals surface area (Å²) in [6.07, 6.45) is 6.35. The molecular weight excluding hydrogens is 362 g/mol. The lowest BCUT2D eigenvalue weighted by Crippen LogP contribution is -2.45. The molecule has 6 nitrogen and oxygen atoms in total. The Morgan fingerprint density at radius 3 is 2.86 bits per heavy atom. The molecule has 0 saturated carbocycles. The smallest absolute Gasteiger partial charge is 0.227 e. The van der Waals surface area contributed by atoms with Gasteiger partial charge in [0.2, 0.25) is 5.91 Å². The molecule has 1 unspecified atom stereocenters. The minimum Gasteiger partial charge on any atom is -0.384 e. The molecule has 4 rings (SSSR count). The van der Waals surface area contributed by atoms with E-state index in [1.807, 2.05) is 12.1 Å². The molecular formula is C23H33N5O. The van der Waals surface area contributed by atoms with Gasteiger partial charge in [0.25, 0.3) is 0 Å². The van der Waals surface area contributed by atoms with Gasteiger partial charge in [-0.25, -0.2) is 0 Å². The normalized spacial score (nSPS) is 22.3. The standard InChI is InChI=1S/C23H33N5O/c1-2-27-20(13-16-7-8-17(22(24)25)14-21(16)27)10-9-19-6-4-12-28(19)23(29)18-5-3-11-26-15-18/h7-8,13-14,18-19,26H,2-6,9-12,15H2,1H3,(H3,24,25)/t18-,19?/m0/s1. The van der Waals surface area contributed by atoms with Gasteiger partial charge >= 0.3 is 0 Å². The predicted octanol–water partition coefficient (Wildman–Crippen LogP) is 2.87. The average molecular weight is 396 g/mol. The fourth-order valence-electron chi connectivity index (χ4n) is 5.10. The number of nitrogens with one attached hydrogen (secondary N) is 2. The molecule has 0 aliphatic carbocycles. The van der Waals surface area contributed by atoms with Crippen molar-refractivity contribution < 1.29 is 4.79 Å². The number of carbonyl (C=O) groups excluding carboxylic acids is 1. The molecule has 2 atom stereocenters. The number of nitrogens with two attached hydrogens (primary N) is 1. The summed E-state index contributed by atoms with van der Waals surface area (Å²) in [5.74, 6) is 0.632. The van der Waals surface area contributed by atoms with Crippen molar-refractivity contribution >= 4 is 22.6 Å². The van der Waals surface area contributed by atoms with Crippen molar-refractivity contribution in [2.45, 2.75) is 58.0 Å². The molecule has 0 radical (unpaired) electrons. The van der Waals surface area contributed by atoms with Crippen molar-refractivity contribution in [3.8, 4) is 0 Å². The van der Waals surface area contributed by atoms with Crippen LogP contribution in [0.15, 0.2) is 24.3 Å². The van der Waals surface area contributed by atoms with Crippen LogP contribution in [-0.4, -0.2) is 46.9 Å². The van der Waals surface area contributed by atoms with Gasteiger partial charge in [0, 0.05) is 42.5 Å². The number of aromatic nitrogens is 1. The first-order valence-electron chi connectivity index (χ1n) is 11.1. The van der Waals surface area contributed by atoms with Gasteiger partial charge in [-0.1, -0.05) is 12.1 Å². The maximum absolute atomic E-state index is 13.0. The molecule has 29 heavy (non-hydrogen) atoms. The van der Waals surface area contributed by atoms with Crippen molar-refractivity contribution in [2.24, 2.45) is 11.7 Å². The van der Waals surface area contributed by atoms with Gasteiger partial charge in [0.1, 0.15) is 5.84 Å². The monoisotopic (exact) mass is 395 g/mol. The molecule has 2 aliphatic rings. The minimum atomic E-state index is 0.106. The van der Waals surface area contributed by atoms with Gasteiger partial charge in [-0.2, -0.15) is 0 Å². The van der Waals surface area contributed by atoms with E-state index in [2.05, 4.69) is 33.8 Å². The highest BCUT2D eigenvalue weighted by Crippen LogP contribution is 2.28. The van der Waals surface area contributed by atoms with Crippen molar-refractivity contribution in [2.75, 3.05) is 19.6 Å². The topological polar surface area (TPSA) is 87.1 Å². The molecule has 2 saturated heterocycles. The first-order chi connectivity index (χ1) is 14.1. The second-order valence-corrected chi connectivity index (χ2v) is 8.48. The molecule has 2 aliphatic heterocycles. The molecule has 156 valence electrons. The molecule has 4 N–H and O–H groups in total. The zero-order valence-corrected chi connectivity index (χ0v) is 17.4. The van der Waals surface area contributed by atoms with E-state index < -0.39 is 0 Å². The third-order valence-corrected chi connectivity index (χ3v) is 6.66. The Labute approximate surface area is 172 Å². The van der Waals surface area contributed by atoms with Crippen LogP contribution in [0, 0.1) is 11.3 Å². The second-order valence-electron chi connectivity index (χ2n) is 8.48. The van der Waals surface area contributed by atoms with Crippen molar-refractivity contribution in [1.82, 2.24) is 14.8 Å². The van der Waals surface area contributed by atoms with Crippen LogP contribution in [-0.2, 0) is 17.8 Å². The molecule has 1 aromatic carbocycles. The molecule has 1 aromatic heterocycles. The Balaban J connectivity index is 1.48. The van der Waals surface area contributed by atoms with Crippen molar-refractivity contribution in [1.29, 1.82) is 5.41 Å². The number of hydrogen-bond donors (Lipinski definition) is 3. The number of nitrogens with zero attached hydrogens (tertiary/aromatic N) is 2. The van der Waals surface area contributed by atoms with Crippen LogP contribution in [0.4, 0.5) is 0 Å². The lowest BCUT2D eigenvalue weighted by molar-refractivity contribution is -0.137. The molecule has 1 amide bonds. The van der Waals surface area contributed by atoms with E-state index >= 15 is 0 Å². The number of benzene rings is 1. The number of piperidine rings is 1. The van der Waals surface area contributed by atoms with E-state index in [1.165, 1.54) is 11.1 Å². The van der Waals surface area contributed by atoms with Gasteiger partial charge in [-0.15, -0.1) is 0 Å². The fraction of sp³-hybridized carbons (Fsp3) is 0.565. The van der Waals surface area contributed by atoms with E-state index in [1.54, 1.807) is 0 Å². The fourth-order valence-corrected chi connectivity index (χ4v) is 5.10. The maximum Gasteiger partial charge on any atom is 0.227 e. The SMILES string of the molecule is CCn1c(CCC2CCCN2C(=O)[C@H]2CCCNC2)cc2ccc(C(=N)N)cc21. The van der Waals surface area contributed by atoms with Crippen LogP contribution < -0.4 is 11.1 Å². The van der Waals surface area contributed by atoms with Crippen LogP contribution in [0.2, 0.25) is 0 Å². The zero-order chi connectivity index (χ0) is 20.4. The van der Waals surface area contributed by atoms with Gasteiger partial charge < -0.3 is 20.5 Å². The molecule has 0 bridgehead atoms. The first-order valence-corrected chi connectivity index (χ1v) is 11.1. The van der Waals surface area contributed by atoms with Gasteiger partial charge in [0.15, 0.2) is 0 Å². The zero-order valence-electron chi connectivity index (χ0n) is 17.4. The van der Waals surface area contributed by atoms with Gasteiger partial charge in [-0.05, 0) is 69.5 Å². The largest absolute Gasteiger partial charge is 0.384 e. The molecule has 6 heteroatoms. The highest BCUT2D eigenvalue weighted by atomic mass is 16.2. The van der Waals surface area contributed by atoms with Crippen LogP contribution >= 0.6 is 0 Å². The summed E-state index contributed by atoms with van der Waals surface area (Å²) in [4.78, 5) is 15.2. The minimum absolute atomic E-state index is 0.106. The Morgan fingerprint density at radius 1 is 1.28 bits per heavy atom. The van der Waals surface area contributed by atoms with Gasteiger partial charge in [-0.3, -0.25) is 10.2 Å². The Hall–Kier alpha value is -2.34. The van der Waals surface area contributed by atoms with Crippen molar-refractivity contribution in [3.63, 3.8) is 0 Å². The van der Waals surface area contributed by atoms with E-state index in [0.29, 0.717) is 11.9 Å². The number of fused-ring (bicyclic) bond motifs is 1. The van der Waals surface area contributed by atoms with E-state index in [4.69, 9.17) is 11.1 Å². The number of hydrogen-bond acceptors (Lipinski definition) is 3. The van der Waals surface area contributed by atoms with E-state index in [-0.39, 0.29) is 11.8 Å². The number of carbonyl (C=O) groups is 1. The summed E-state index contributed by atoms with van der Waals surface area (Å²) >= 11 is 0. The Morgan fingerprint density at radius 2 is 2.14 bits per heavy atom. The van der Waals surface area contributed by atoms with Crippen LogP contribution in [0.25, 0.3) is 10.9 Å². The Bertz CT molecular complexity index is 896. The summed E-state index contributed by atoms with van der Waals surface area (Å²) in [5.41, 5.74) is 8.90. The summed E-state index contributed by atoms with van der Waals surface area (Å²) in [7, 11) is 0. The summed E-state index contributed by atoms with van der Waals surface area (Å²) in [6, 6.07) is 8.62. The van der Waals surface area contributed by atoms with Crippen LogP contribution in [0.1, 0.15) is 50.3 Å². The summed E-state index contributed by atoms with van der Waals surface area (Å²) < 4.78 is 2.33. The second kappa shape index (κ2) is 8.57. The maximum atomic E-state index is 13.0. The number of amidine groups is 1. The highest BCUT2D eigenvalue weighted by molar-refractivity contribution is 5.98. The molecule has 2 aromatic rings. The highest BCUT2D eigenvalue weighted by Gasteiger charge is 2.33. The molecule has 0 spiro atoms. The number of amides is 1. The number of nitrogen functional groups attached to an aromatic ring is 1. The predicted molar refractivity (Wildman–Crippen MR) is 117 cm³/mol. The lowest BCUT2D eigenvalue weighted by Gasteiger charge is -2.31. The lowest BCUT2D eigenvalue weighted by atomic mass is 9.97. The van der Waals surface area contributed by atoms with Crippen molar-refractivity contribution in [3.05, 3.63) is 35.5 Å². The third-order valence-electron chi connectivity index (χ3n) is 6.66. The quantitative estimate of drug-likeness (QED) is 0.519. The number of rotatable bonds is 6. The van der Waals surface area contributed by atoms with Crippen LogP contribution in [0.5, 0.6) is 0 Å². The molecule has 2 fully saturated rings. The summed E-state index contributed by atoms with van der Waals surface area (Å²) in [5, 5.41) is 12.3. The number of likely N-dealkylation sites (tertiary alicyclic amines) is 1. The van der Waals surface area contributed by atoms with E-state index in [0.717, 1.165) is 75.8 Å². The third kappa shape index (κ3) is 4.04. The van der Waals surface area contributed by atoms with Crippen LogP contribution in [0.3, 0.4) is 0 Å². The average Bonchev–Trinajstić information content (AvgIpc) is 3.35. The number of aryl methyl sites for hydroxylation is 2. The van der Waals surface area contributed by atoms with E-state index in [9.17, 15) is 4.79 Å². The first kappa shape index (κ1) is 20.0. The Kier molecular flexibility index (Phi) is 5.90.